The number of halogens is 1. The predicted octanol–water partition coefficient (Wildman–Crippen LogP) is 5.61. The molecule has 0 saturated heterocycles. The van der Waals surface area contributed by atoms with Crippen molar-refractivity contribution in [3.63, 3.8) is 0 Å². The Morgan fingerprint density at radius 2 is 1.83 bits per heavy atom. The number of aliphatic imine (C=N–C) groups is 1. The van der Waals surface area contributed by atoms with Crippen LogP contribution in [0.25, 0.3) is 6.08 Å². The van der Waals surface area contributed by atoms with Gasteiger partial charge in [0, 0.05) is 23.1 Å². The third-order valence-corrected chi connectivity index (χ3v) is 5.58. The van der Waals surface area contributed by atoms with Crippen LogP contribution in [0.1, 0.15) is 37.7 Å². The van der Waals surface area contributed by atoms with E-state index < -0.39 is 4.92 Å². The molecule has 0 aromatic heterocycles. The summed E-state index contributed by atoms with van der Waals surface area (Å²) in [5, 5.41) is 11.7. The molecule has 2 aliphatic rings. The minimum absolute atomic E-state index is 0.0177. The Morgan fingerprint density at radius 3 is 2.52 bits per heavy atom. The van der Waals surface area contributed by atoms with E-state index in [4.69, 9.17) is 16.6 Å². The smallest absolute Gasteiger partial charge is 0.266 e. The molecule has 148 valence electrons. The van der Waals surface area contributed by atoms with Crippen LogP contribution in [-0.2, 0) is 4.79 Å². The molecule has 0 atom stereocenters. The zero-order valence-corrected chi connectivity index (χ0v) is 16.5. The van der Waals surface area contributed by atoms with Gasteiger partial charge in [-0.2, -0.15) is 0 Å². The zero-order chi connectivity index (χ0) is 20.4. The van der Waals surface area contributed by atoms with E-state index in [0.717, 1.165) is 37.2 Å². The van der Waals surface area contributed by atoms with E-state index in [1.54, 1.807) is 35.2 Å². The van der Waals surface area contributed by atoms with Crippen LogP contribution in [0.15, 0.2) is 59.2 Å². The van der Waals surface area contributed by atoms with Crippen LogP contribution in [0.3, 0.4) is 0 Å². The molecule has 29 heavy (non-hydrogen) atoms. The fourth-order valence-electron chi connectivity index (χ4n) is 3.89. The Labute approximate surface area is 173 Å². The Bertz CT molecular complexity index is 1010. The number of carbonyl (C=O) groups excluding carboxylic acids is 1. The van der Waals surface area contributed by atoms with Crippen LogP contribution in [0.2, 0.25) is 5.02 Å². The van der Waals surface area contributed by atoms with E-state index >= 15 is 0 Å². The number of benzene rings is 2. The van der Waals surface area contributed by atoms with Gasteiger partial charge in [-0.15, -0.1) is 0 Å². The number of carbonyl (C=O) groups is 1. The minimum atomic E-state index is -0.449. The summed E-state index contributed by atoms with van der Waals surface area (Å²) in [6.45, 7) is 0. The largest absolute Gasteiger partial charge is 0.282 e. The Balaban J connectivity index is 1.74. The summed E-state index contributed by atoms with van der Waals surface area (Å²) in [6.07, 6.45) is 7.07. The molecule has 6 nitrogen and oxygen atoms in total. The van der Waals surface area contributed by atoms with Crippen LogP contribution >= 0.6 is 11.6 Å². The number of amides is 1. The van der Waals surface area contributed by atoms with Crippen LogP contribution in [0.4, 0.5) is 11.4 Å². The van der Waals surface area contributed by atoms with Crippen molar-refractivity contribution in [1.29, 1.82) is 0 Å². The number of amidine groups is 1. The molecule has 7 heteroatoms. The van der Waals surface area contributed by atoms with Gasteiger partial charge in [-0.05, 0) is 48.7 Å². The maximum atomic E-state index is 13.2. The van der Waals surface area contributed by atoms with Gasteiger partial charge in [0.25, 0.3) is 11.6 Å². The third-order valence-electron chi connectivity index (χ3n) is 5.33. The van der Waals surface area contributed by atoms with Crippen molar-refractivity contribution < 1.29 is 9.72 Å². The monoisotopic (exact) mass is 409 g/mol. The first-order chi connectivity index (χ1) is 14.0. The van der Waals surface area contributed by atoms with Crippen molar-refractivity contribution in [1.82, 2.24) is 0 Å². The average Bonchev–Trinajstić information content (AvgIpc) is 3.05. The lowest BCUT2D eigenvalue weighted by atomic mass is 9.88. The Hall–Kier alpha value is -2.99. The average molecular weight is 410 g/mol. The summed E-state index contributed by atoms with van der Waals surface area (Å²) < 4.78 is 0. The van der Waals surface area contributed by atoms with Crippen molar-refractivity contribution in [3.05, 3.63) is 74.9 Å². The highest BCUT2D eigenvalue weighted by molar-refractivity contribution is 6.31. The van der Waals surface area contributed by atoms with E-state index in [1.165, 1.54) is 18.6 Å². The van der Waals surface area contributed by atoms with Gasteiger partial charge in [0.05, 0.1) is 10.6 Å². The van der Waals surface area contributed by atoms with Crippen LogP contribution in [0, 0.1) is 16.0 Å². The van der Waals surface area contributed by atoms with Crippen molar-refractivity contribution in [2.24, 2.45) is 10.9 Å². The maximum absolute atomic E-state index is 13.2. The molecular formula is C22H20ClN3O3. The van der Waals surface area contributed by atoms with Gasteiger partial charge < -0.3 is 0 Å². The summed E-state index contributed by atoms with van der Waals surface area (Å²) in [5.41, 5.74) is 1.58. The molecule has 0 bridgehead atoms. The van der Waals surface area contributed by atoms with Gasteiger partial charge in [0.1, 0.15) is 11.5 Å². The first-order valence-electron chi connectivity index (χ1n) is 9.68. The normalized spacial score (nSPS) is 18.9. The molecule has 4 rings (SSSR count). The summed E-state index contributed by atoms with van der Waals surface area (Å²) in [6, 6.07) is 13.3. The van der Waals surface area contributed by atoms with Crippen LogP contribution < -0.4 is 4.90 Å². The van der Waals surface area contributed by atoms with E-state index in [-0.39, 0.29) is 17.5 Å². The second-order valence-electron chi connectivity index (χ2n) is 7.30. The van der Waals surface area contributed by atoms with Gasteiger partial charge in [-0.25, -0.2) is 4.99 Å². The molecule has 1 heterocycles. The predicted molar refractivity (Wildman–Crippen MR) is 114 cm³/mol. The Kier molecular flexibility index (Phi) is 5.45. The zero-order valence-electron chi connectivity index (χ0n) is 15.8. The molecular weight excluding hydrogens is 390 g/mol. The fraction of sp³-hybridized carbons (Fsp3) is 0.273. The highest BCUT2D eigenvalue weighted by atomic mass is 35.5. The van der Waals surface area contributed by atoms with Gasteiger partial charge >= 0.3 is 0 Å². The molecule has 1 saturated carbocycles. The molecule has 1 aliphatic heterocycles. The van der Waals surface area contributed by atoms with Crippen molar-refractivity contribution in [2.75, 3.05) is 4.90 Å². The number of nitrogens with zero attached hydrogens (tertiary/aromatic N) is 3. The lowest BCUT2D eigenvalue weighted by molar-refractivity contribution is -0.384. The molecule has 0 radical (unpaired) electrons. The summed E-state index contributed by atoms with van der Waals surface area (Å²) in [7, 11) is 0. The number of rotatable bonds is 4. The van der Waals surface area contributed by atoms with Crippen molar-refractivity contribution in [3.8, 4) is 0 Å². The number of anilines is 1. The number of non-ortho nitro benzene ring substituents is 1. The lowest BCUT2D eigenvalue weighted by Gasteiger charge is -2.27. The quantitative estimate of drug-likeness (QED) is 0.374. The van der Waals surface area contributed by atoms with Crippen molar-refractivity contribution in [2.45, 2.75) is 32.1 Å². The maximum Gasteiger partial charge on any atom is 0.282 e. The number of hydrogen-bond donors (Lipinski definition) is 0. The molecule has 0 N–H and O–H groups in total. The van der Waals surface area contributed by atoms with E-state index in [9.17, 15) is 14.9 Å². The summed E-state index contributed by atoms with van der Waals surface area (Å²) >= 11 is 6.02. The first kappa shape index (κ1) is 19.3. The standard InChI is InChI=1S/C22H20ClN3O3/c23-17-9-11-18(12-10-17)25-21(16-6-2-1-3-7-16)24-20(22(25)27)14-15-5-4-8-19(13-15)26(28)29/h4-5,8-14,16H,1-3,6-7H2/b20-14-. The van der Waals surface area contributed by atoms with Crippen LogP contribution in [-0.4, -0.2) is 16.7 Å². The molecule has 0 unspecified atom stereocenters. The number of nitro benzene ring substituents is 1. The van der Waals surface area contributed by atoms with Gasteiger partial charge in [-0.3, -0.25) is 19.8 Å². The topological polar surface area (TPSA) is 75.8 Å². The van der Waals surface area contributed by atoms with E-state index in [1.807, 2.05) is 12.1 Å². The molecule has 1 fully saturated rings. The third kappa shape index (κ3) is 4.07. The Morgan fingerprint density at radius 1 is 1.10 bits per heavy atom. The van der Waals surface area contributed by atoms with Gasteiger partial charge in [0.2, 0.25) is 0 Å². The SMILES string of the molecule is O=C1/C(=C/c2cccc([N+](=O)[O-])c2)N=C(C2CCCCC2)N1c1ccc(Cl)cc1. The lowest BCUT2D eigenvalue weighted by Crippen LogP contribution is -2.37. The van der Waals surface area contributed by atoms with E-state index in [2.05, 4.69) is 0 Å². The highest BCUT2D eigenvalue weighted by Crippen LogP contribution is 2.34. The number of hydrogen-bond acceptors (Lipinski definition) is 4. The fourth-order valence-corrected chi connectivity index (χ4v) is 4.02. The summed E-state index contributed by atoms with van der Waals surface area (Å²) in [5.74, 6) is 0.757. The first-order valence-corrected chi connectivity index (χ1v) is 10.1. The van der Waals surface area contributed by atoms with Crippen LogP contribution in [0.5, 0.6) is 0 Å². The van der Waals surface area contributed by atoms with Gasteiger partial charge in [0.15, 0.2) is 0 Å². The molecule has 2 aromatic carbocycles. The minimum Gasteiger partial charge on any atom is -0.266 e. The molecule has 1 amide bonds. The second-order valence-corrected chi connectivity index (χ2v) is 7.74. The van der Waals surface area contributed by atoms with E-state index in [0.29, 0.717) is 16.3 Å². The highest BCUT2D eigenvalue weighted by Gasteiger charge is 2.36. The molecule has 2 aromatic rings. The second kappa shape index (κ2) is 8.17. The van der Waals surface area contributed by atoms with Crippen molar-refractivity contribution >= 4 is 40.8 Å². The molecule has 1 aliphatic carbocycles. The summed E-state index contributed by atoms with van der Waals surface area (Å²) in [4.78, 5) is 30.2. The number of nitro groups is 1. The van der Waals surface area contributed by atoms with Gasteiger partial charge in [-0.1, -0.05) is 43.0 Å². The molecule has 0 spiro atoms.